The molecule has 0 nitrogen and oxygen atoms in total. The highest BCUT2D eigenvalue weighted by Gasteiger charge is 2.46. The monoisotopic (exact) mass is 192 g/mol. The van der Waals surface area contributed by atoms with E-state index in [1.165, 1.54) is 25.7 Å². The molecular weight excluding hydrogens is 167 g/mol. The average Bonchev–Trinajstić information content (AvgIpc) is 2.09. The molecule has 2 radical (unpaired) electrons. The Labute approximate surface area is 91.3 Å². The van der Waals surface area contributed by atoms with Crippen LogP contribution in [0.25, 0.3) is 0 Å². The summed E-state index contributed by atoms with van der Waals surface area (Å²) in [6.07, 6.45) is 5.15. The van der Waals surface area contributed by atoms with Crippen LogP contribution >= 0.6 is 0 Å². The van der Waals surface area contributed by atoms with Crippen LogP contribution < -0.4 is 0 Å². The Morgan fingerprint density at radius 1 is 1.36 bits per heavy atom. The van der Waals surface area contributed by atoms with Crippen LogP contribution in [0.2, 0.25) is 5.31 Å². The third-order valence-corrected chi connectivity index (χ3v) is 4.63. The standard InChI is InChI=1S/C13H25B/c1-6-11-7-8-13(14,10(2)3)12(4,5)9-11/h10-11H,6-9H2,1-5H3. The van der Waals surface area contributed by atoms with Crippen LogP contribution in [0.1, 0.15) is 60.3 Å². The number of hydrogen-bond acceptors (Lipinski definition) is 0. The van der Waals surface area contributed by atoms with Gasteiger partial charge in [0, 0.05) is 0 Å². The highest BCUT2D eigenvalue weighted by molar-refractivity contribution is 6.16. The van der Waals surface area contributed by atoms with Crippen molar-refractivity contribution >= 4 is 7.85 Å². The summed E-state index contributed by atoms with van der Waals surface area (Å²) in [5, 5.41) is 0.0542. The fourth-order valence-electron chi connectivity index (χ4n) is 3.21. The molecule has 1 rings (SSSR count). The van der Waals surface area contributed by atoms with E-state index in [9.17, 15) is 0 Å². The highest BCUT2D eigenvalue weighted by atomic mass is 14.5. The summed E-state index contributed by atoms with van der Waals surface area (Å²) in [7, 11) is 6.60. The molecule has 80 valence electrons. The van der Waals surface area contributed by atoms with Crippen LogP contribution in [0.4, 0.5) is 0 Å². The van der Waals surface area contributed by atoms with Crippen molar-refractivity contribution < 1.29 is 0 Å². The third-order valence-electron chi connectivity index (χ3n) is 4.63. The number of hydrogen-bond donors (Lipinski definition) is 0. The second kappa shape index (κ2) is 3.91. The van der Waals surface area contributed by atoms with Gasteiger partial charge in [0.25, 0.3) is 0 Å². The van der Waals surface area contributed by atoms with Gasteiger partial charge in [0.2, 0.25) is 0 Å². The van der Waals surface area contributed by atoms with Crippen molar-refractivity contribution in [2.75, 3.05) is 0 Å². The first-order valence-electron chi connectivity index (χ1n) is 6.12. The fourth-order valence-corrected chi connectivity index (χ4v) is 3.21. The molecular formula is C13H25B. The summed E-state index contributed by atoms with van der Waals surface area (Å²) in [5.74, 6) is 1.50. The smallest absolute Gasteiger partial charge is 0.0651 e. The molecule has 14 heavy (non-hydrogen) atoms. The molecule has 2 unspecified atom stereocenters. The lowest BCUT2D eigenvalue weighted by Gasteiger charge is -2.54. The van der Waals surface area contributed by atoms with E-state index < -0.39 is 0 Å². The Kier molecular flexibility index (Phi) is 3.39. The van der Waals surface area contributed by atoms with Crippen LogP contribution in [-0.4, -0.2) is 7.85 Å². The molecule has 1 heteroatoms. The van der Waals surface area contributed by atoms with E-state index in [2.05, 4.69) is 34.6 Å². The van der Waals surface area contributed by atoms with Gasteiger partial charge in [-0.15, -0.1) is 0 Å². The molecule has 1 fully saturated rings. The van der Waals surface area contributed by atoms with Gasteiger partial charge in [-0.3, -0.25) is 0 Å². The van der Waals surface area contributed by atoms with Crippen LogP contribution in [0.15, 0.2) is 0 Å². The van der Waals surface area contributed by atoms with Gasteiger partial charge in [-0.25, -0.2) is 0 Å². The molecule has 1 aliphatic carbocycles. The van der Waals surface area contributed by atoms with E-state index in [0.717, 1.165) is 5.92 Å². The minimum absolute atomic E-state index is 0.0542. The summed E-state index contributed by atoms with van der Waals surface area (Å²) in [5.41, 5.74) is 0.306. The molecule has 0 aliphatic heterocycles. The molecule has 0 bridgehead atoms. The van der Waals surface area contributed by atoms with E-state index in [1.54, 1.807) is 0 Å². The largest absolute Gasteiger partial charge is 0.0757 e. The van der Waals surface area contributed by atoms with Crippen LogP contribution in [0.5, 0.6) is 0 Å². The zero-order chi connectivity index (χ0) is 11.0. The van der Waals surface area contributed by atoms with Gasteiger partial charge in [0.05, 0.1) is 7.85 Å². The van der Waals surface area contributed by atoms with Crippen molar-refractivity contribution in [1.29, 1.82) is 0 Å². The minimum Gasteiger partial charge on any atom is -0.0651 e. The molecule has 0 saturated heterocycles. The SMILES string of the molecule is [B]C1(C(C)C)CCC(CC)CC1(C)C. The Bertz CT molecular complexity index is 195. The molecule has 0 N–H and O–H groups in total. The van der Waals surface area contributed by atoms with Crippen LogP contribution in [0, 0.1) is 17.3 Å². The first-order valence-corrected chi connectivity index (χ1v) is 6.12. The van der Waals surface area contributed by atoms with Crippen molar-refractivity contribution in [2.45, 2.75) is 65.6 Å². The van der Waals surface area contributed by atoms with E-state index in [-0.39, 0.29) is 5.31 Å². The zero-order valence-corrected chi connectivity index (χ0v) is 10.6. The van der Waals surface area contributed by atoms with Gasteiger partial charge >= 0.3 is 0 Å². The van der Waals surface area contributed by atoms with Gasteiger partial charge in [0.15, 0.2) is 0 Å². The van der Waals surface area contributed by atoms with E-state index in [4.69, 9.17) is 7.85 Å². The normalized spacial score (nSPS) is 37.4. The molecule has 1 saturated carbocycles. The lowest BCUT2D eigenvalue weighted by atomic mass is 9.42. The maximum atomic E-state index is 6.60. The minimum atomic E-state index is 0.0542. The first-order chi connectivity index (χ1) is 6.33. The molecule has 0 amide bonds. The molecule has 1 aliphatic rings. The highest BCUT2D eigenvalue weighted by Crippen LogP contribution is 2.59. The summed E-state index contributed by atoms with van der Waals surface area (Å²) in [6, 6.07) is 0. The Morgan fingerprint density at radius 2 is 1.93 bits per heavy atom. The van der Waals surface area contributed by atoms with Crippen molar-refractivity contribution in [1.82, 2.24) is 0 Å². The summed E-state index contributed by atoms with van der Waals surface area (Å²) < 4.78 is 0. The Morgan fingerprint density at radius 3 is 2.29 bits per heavy atom. The van der Waals surface area contributed by atoms with Crippen molar-refractivity contribution in [3.8, 4) is 0 Å². The number of rotatable bonds is 2. The van der Waals surface area contributed by atoms with Gasteiger partial charge in [-0.05, 0) is 23.7 Å². The summed E-state index contributed by atoms with van der Waals surface area (Å²) in [6.45, 7) is 11.6. The lowest BCUT2D eigenvalue weighted by molar-refractivity contribution is 0.0760. The molecule has 0 aromatic heterocycles. The molecule has 0 spiro atoms. The first kappa shape index (κ1) is 12.1. The average molecular weight is 192 g/mol. The van der Waals surface area contributed by atoms with Gasteiger partial charge in [0.1, 0.15) is 0 Å². The van der Waals surface area contributed by atoms with Crippen molar-refractivity contribution in [3.05, 3.63) is 0 Å². The Balaban J connectivity index is 2.82. The third kappa shape index (κ3) is 1.88. The van der Waals surface area contributed by atoms with E-state index >= 15 is 0 Å². The van der Waals surface area contributed by atoms with E-state index in [1.807, 2.05) is 0 Å². The fraction of sp³-hybridized carbons (Fsp3) is 1.00. The Hall–Kier alpha value is 0.0649. The van der Waals surface area contributed by atoms with Crippen molar-refractivity contribution in [2.24, 2.45) is 17.3 Å². The summed E-state index contributed by atoms with van der Waals surface area (Å²) >= 11 is 0. The second-order valence-electron chi connectivity index (χ2n) is 6.10. The predicted molar refractivity (Wildman–Crippen MR) is 64.7 cm³/mol. The van der Waals surface area contributed by atoms with E-state index in [0.29, 0.717) is 11.3 Å². The quantitative estimate of drug-likeness (QED) is 0.575. The van der Waals surface area contributed by atoms with Crippen LogP contribution in [0.3, 0.4) is 0 Å². The lowest BCUT2D eigenvalue weighted by Crippen LogP contribution is -2.41. The van der Waals surface area contributed by atoms with Crippen LogP contribution in [-0.2, 0) is 0 Å². The second-order valence-corrected chi connectivity index (χ2v) is 6.10. The molecule has 0 aromatic carbocycles. The van der Waals surface area contributed by atoms with Gasteiger partial charge in [-0.2, -0.15) is 0 Å². The molecule has 0 aromatic rings. The molecule has 0 heterocycles. The van der Waals surface area contributed by atoms with Gasteiger partial charge < -0.3 is 0 Å². The van der Waals surface area contributed by atoms with Gasteiger partial charge in [-0.1, -0.05) is 59.2 Å². The topological polar surface area (TPSA) is 0 Å². The summed E-state index contributed by atoms with van der Waals surface area (Å²) in [4.78, 5) is 0. The maximum absolute atomic E-state index is 6.60. The zero-order valence-electron chi connectivity index (χ0n) is 10.6. The predicted octanol–water partition coefficient (Wildman–Crippen LogP) is 4.21. The molecule has 2 atom stereocenters. The maximum Gasteiger partial charge on any atom is 0.0757 e. The van der Waals surface area contributed by atoms with Crippen molar-refractivity contribution in [3.63, 3.8) is 0 Å².